The van der Waals surface area contributed by atoms with Crippen LogP contribution < -0.4 is 0 Å². The fraction of sp³-hybridized carbons (Fsp3) is 0.519. The number of allylic oxidation sites excluding steroid dienone is 3. The highest BCUT2D eigenvalue weighted by atomic mass is 16.6. The summed E-state index contributed by atoms with van der Waals surface area (Å²) in [5.41, 5.74) is 4.02. The number of rotatable bonds is 8. The Balaban J connectivity index is 1.51. The van der Waals surface area contributed by atoms with E-state index in [4.69, 9.17) is 9.72 Å². The molecular weight excluding hydrogens is 412 g/mol. The number of pyridine rings is 1. The van der Waals surface area contributed by atoms with Crippen molar-refractivity contribution in [3.63, 3.8) is 0 Å². The van der Waals surface area contributed by atoms with Gasteiger partial charge < -0.3 is 9.64 Å². The molecule has 1 unspecified atom stereocenters. The first-order valence-electron chi connectivity index (χ1n) is 12.1. The van der Waals surface area contributed by atoms with Crippen LogP contribution in [0.4, 0.5) is 4.79 Å². The number of ether oxygens (including phenoxy) is 1. The summed E-state index contributed by atoms with van der Waals surface area (Å²) in [5, 5.41) is 4.57. The van der Waals surface area contributed by atoms with Crippen molar-refractivity contribution in [3.05, 3.63) is 65.3 Å². The first kappa shape index (κ1) is 24.7. The molecule has 1 atom stereocenters. The molecule has 3 heterocycles. The van der Waals surface area contributed by atoms with Crippen LogP contribution in [-0.4, -0.2) is 44.4 Å². The number of likely N-dealkylation sites (tertiary alicyclic amines) is 1. The Hall–Kier alpha value is -2.89. The van der Waals surface area contributed by atoms with Crippen molar-refractivity contribution in [2.45, 2.75) is 78.4 Å². The van der Waals surface area contributed by atoms with Crippen LogP contribution in [0, 0.1) is 6.92 Å². The standard InChI is InChI=1S/C27H38N4O2/c1-6-7-8-9-10-11-23-13-15-24(29-21(23)2)14-12-22-18-28-31(19-22)25-16-17-30(20-25)26(32)33-27(3,4)5/h8-11,13,15,18-19,25H,6-7,12,14,16-17,20H2,1-5H3/b9-8+,11-10-. The number of nitrogens with zero attached hydrogens (tertiary/aromatic N) is 4. The SMILES string of the molecule is CCC/C=C/C=C\c1ccc(CCc2cnn(C3CCN(C(=O)OC(C)(C)C)C3)c2)nc1C. The Morgan fingerprint density at radius 3 is 2.79 bits per heavy atom. The maximum Gasteiger partial charge on any atom is 0.410 e. The van der Waals surface area contributed by atoms with Gasteiger partial charge in [-0.25, -0.2) is 4.79 Å². The minimum atomic E-state index is -0.472. The van der Waals surface area contributed by atoms with E-state index in [1.165, 1.54) is 12.0 Å². The summed E-state index contributed by atoms with van der Waals surface area (Å²) in [5.74, 6) is 0. The minimum Gasteiger partial charge on any atom is -0.444 e. The molecule has 1 saturated heterocycles. The lowest BCUT2D eigenvalue weighted by atomic mass is 10.1. The van der Waals surface area contributed by atoms with Gasteiger partial charge in [0, 0.05) is 30.7 Å². The molecule has 2 aromatic heterocycles. The van der Waals surface area contributed by atoms with Gasteiger partial charge in [0.2, 0.25) is 0 Å². The van der Waals surface area contributed by atoms with E-state index in [1.807, 2.05) is 31.6 Å². The van der Waals surface area contributed by atoms with E-state index in [1.54, 1.807) is 4.90 Å². The van der Waals surface area contributed by atoms with Gasteiger partial charge in [0.1, 0.15) is 5.60 Å². The van der Waals surface area contributed by atoms with E-state index in [0.29, 0.717) is 13.1 Å². The molecule has 1 amide bonds. The Morgan fingerprint density at radius 2 is 2.06 bits per heavy atom. The van der Waals surface area contributed by atoms with Crippen LogP contribution in [0.3, 0.4) is 0 Å². The number of hydrogen-bond acceptors (Lipinski definition) is 4. The third-order valence-electron chi connectivity index (χ3n) is 5.68. The van der Waals surface area contributed by atoms with E-state index in [0.717, 1.165) is 42.6 Å². The molecule has 33 heavy (non-hydrogen) atoms. The maximum atomic E-state index is 12.3. The summed E-state index contributed by atoms with van der Waals surface area (Å²) in [7, 11) is 0. The van der Waals surface area contributed by atoms with Crippen molar-refractivity contribution < 1.29 is 9.53 Å². The monoisotopic (exact) mass is 450 g/mol. The molecule has 6 heteroatoms. The van der Waals surface area contributed by atoms with Crippen molar-refractivity contribution >= 4 is 12.2 Å². The molecule has 0 aromatic carbocycles. The highest BCUT2D eigenvalue weighted by Gasteiger charge is 2.31. The predicted molar refractivity (Wildman–Crippen MR) is 133 cm³/mol. The second kappa shape index (κ2) is 11.3. The average Bonchev–Trinajstić information content (AvgIpc) is 3.42. The Labute approximate surface area is 198 Å². The third kappa shape index (κ3) is 7.58. The number of carbonyl (C=O) groups excluding carboxylic acids is 1. The van der Waals surface area contributed by atoms with Crippen LogP contribution in [0.1, 0.15) is 75.5 Å². The van der Waals surface area contributed by atoms with Gasteiger partial charge in [0.15, 0.2) is 0 Å². The molecule has 2 aromatic rings. The largest absolute Gasteiger partial charge is 0.444 e. The molecule has 0 N–H and O–H groups in total. The fourth-order valence-electron chi connectivity index (χ4n) is 3.87. The molecular formula is C27H38N4O2. The van der Waals surface area contributed by atoms with Crippen molar-refractivity contribution in [1.82, 2.24) is 19.7 Å². The van der Waals surface area contributed by atoms with E-state index in [-0.39, 0.29) is 12.1 Å². The molecule has 0 aliphatic carbocycles. The molecule has 178 valence electrons. The molecule has 0 spiro atoms. The Bertz CT molecular complexity index is 984. The molecule has 0 bridgehead atoms. The summed E-state index contributed by atoms with van der Waals surface area (Å²) < 4.78 is 7.49. The van der Waals surface area contributed by atoms with Crippen LogP contribution >= 0.6 is 0 Å². The highest BCUT2D eigenvalue weighted by molar-refractivity contribution is 5.68. The minimum absolute atomic E-state index is 0.198. The normalized spacial score (nSPS) is 16.9. The number of aromatic nitrogens is 3. The quantitative estimate of drug-likeness (QED) is 0.468. The lowest BCUT2D eigenvalue weighted by Gasteiger charge is -2.24. The van der Waals surface area contributed by atoms with Crippen LogP contribution in [-0.2, 0) is 17.6 Å². The number of amides is 1. The molecule has 1 aliphatic rings. The number of unbranched alkanes of at least 4 members (excludes halogenated alkanes) is 1. The lowest BCUT2D eigenvalue weighted by molar-refractivity contribution is 0.0288. The summed E-state index contributed by atoms with van der Waals surface area (Å²) >= 11 is 0. The van der Waals surface area contributed by atoms with Gasteiger partial charge >= 0.3 is 6.09 Å². The maximum absolute atomic E-state index is 12.3. The predicted octanol–water partition coefficient (Wildman–Crippen LogP) is 5.92. The van der Waals surface area contributed by atoms with Crippen molar-refractivity contribution in [2.24, 2.45) is 0 Å². The van der Waals surface area contributed by atoms with Crippen molar-refractivity contribution in [1.29, 1.82) is 0 Å². The average molecular weight is 451 g/mol. The number of hydrogen-bond donors (Lipinski definition) is 0. The second-order valence-electron chi connectivity index (χ2n) is 9.75. The van der Waals surface area contributed by atoms with E-state index < -0.39 is 5.60 Å². The van der Waals surface area contributed by atoms with Gasteiger partial charge in [0.05, 0.1) is 12.2 Å². The summed E-state index contributed by atoms with van der Waals surface area (Å²) in [6.45, 7) is 11.3. The van der Waals surface area contributed by atoms with Crippen molar-refractivity contribution in [2.75, 3.05) is 13.1 Å². The van der Waals surface area contributed by atoms with Gasteiger partial charge in [-0.2, -0.15) is 5.10 Å². The second-order valence-corrected chi connectivity index (χ2v) is 9.75. The third-order valence-corrected chi connectivity index (χ3v) is 5.68. The Morgan fingerprint density at radius 1 is 1.24 bits per heavy atom. The zero-order chi connectivity index (χ0) is 23.8. The topological polar surface area (TPSA) is 60.2 Å². The van der Waals surface area contributed by atoms with Gasteiger partial charge in [-0.1, -0.05) is 43.7 Å². The number of carbonyl (C=O) groups is 1. The summed E-state index contributed by atoms with van der Waals surface area (Å²) in [6.07, 6.45) is 17.2. The first-order chi connectivity index (χ1) is 15.7. The van der Waals surface area contributed by atoms with Gasteiger partial charge in [-0.3, -0.25) is 9.67 Å². The van der Waals surface area contributed by atoms with Crippen LogP contribution in [0.2, 0.25) is 0 Å². The van der Waals surface area contributed by atoms with Gasteiger partial charge in [0.25, 0.3) is 0 Å². The van der Waals surface area contributed by atoms with E-state index in [2.05, 4.69) is 61.6 Å². The zero-order valence-electron chi connectivity index (χ0n) is 20.8. The van der Waals surface area contributed by atoms with Crippen molar-refractivity contribution in [3.8, 4) is 0 Å². The first-order valence-corrected chi connectivity index (χ1v) is 12.1. The van der Waals surface area contributed by atoms with Crippen LogP contribution in [0.5, 0.6) is 0 Å². The highest BCUT2D eigenvalue weighted by Crippen LogP contribution is 2.23. The number of aryl methyl sites for hydroxylation is 3. The zero-order valence-corrected chi connectivity index (χ0v) is 20.8. The molecule has 3 rings (SSSR count). The molecule has 0 radical (unpaired) electrons. The summed E-state index contributed by atoms with van der Waals surface area (Å²) in [4.78, 5) is 18.9. The lowest BCUT2D eigenvalue weighted by Crippen LogP contribution is -2.35. The fourth-order valence-corrected chi connectivity index (χ4v) is 3.87. The van der Waals surface area contributed by atoms with E-state index in [9.17, 15) is 4.79 Å². The van der Waals surface area contributed by atoms with Crippen LogP contribution in [0.25, 0.3) is 6.08 Å². The molecule has 6 nitrogen and oxygen atoms in total. The van der Waals surface area contributed by atoms with E-state index >= 15 is 0 Å². The molecule has 1 aliphatic heterocycles. The smallest absolute Gasteiger partial charge is 0.410 e. The Kier molecular flexibility index (Phi) is 8.48. The summed E-state index contributed by atoms with van der Waals surface area (Å²) in [6, 6.07) is 4.46. The molecule has 0 saturated carbocycles. The van der Waals surface area contributed by atoms with Crippen LogP contribution in [0.15, 0.2) is 42.8 Å². The van der Waals surface area contributed by atoms with Gasteiger partial charge in [-0.15, -0.1) is 0 Å². The molecule has 1 fully saturated rings. The van der Waals surface area contributed by atoms with Gasteiger partial charge in [-0.05, 0) is 70.6 Å².